The van der Waals surface area contributed by atoms with Crippen LogP contribution in [-0.2, 0) is 4.79 Å². The highest BCUT2D eigenvalue weighted by atomic mass is 79.9. The van der Waals surface area contributed by atoms with Crippen LogP contribution in [-0.4, -0.2) is 34.7 Å². The quantitative estimate of drug-likeness (QED) is 0.554. The van der Waals surface area contributed by atoms with Gasteiger partial charge in [-0.2, -0.15) is 4.91 Å². The molecular weight excluding hydrogens is 394 g/mol. The van der Waals surface area contributed by atoms with Crippen molar-refractivity contribution in [2.24, 2.45) is 5.18 Å². The number of nitrogens with one attached hydrogen (secondary N) is 1. The van der Waals surface area contributed by atoms with E-state index in [0.717, 1.165) is 15.4 Å². The second kappa shape index (κ2) is 7.94. The summed E-state index contributed by atoms with van der Waals surface area (Å²) >= 11 is 4.66. The zero-order valence-electron chi connectivity index (χ0n) is 13.6. The van der Waals surface area contributed by atoms with Crippen molar-refractivity contribution >= 4 is 44.5 Å². The summed E-state index contributed by atoms with van der Waals surface area (Å²) in [6.45, 7) is 3.47. The lowest BCUT2D eigenvalue weighted by Gasteiger charge is -2.26. The van der Waals surface area contributed by atoms with Crippen molar-refractivity contribution in [3.8, 4) is 5.75 Å². The number of fused-ring (bicyclic) bond motifs is 1. The molecule has 24 heavy (non-hydrogen) atoms. The van der Waals surface area contributed by atoms with Crippen molar-refractivity contribution in [3.63, 3.8) is 0 Å². The van der Waals surface area contributed by atoms with Gasteiger partial charge < -0.3 is 10.1 Å². The third-order valence-corrected chi connectivity index (χ3v) is 4.38. The maximum absolute atomic E-state index is 12.4. The van der Waals surface area contributed by atoms with Crippen LogP contribution in [0.5, 0.6) is 5.75 Å². The van der Waals surface area contributed by atoms with Gasteiger partial charge in [0.15, 0.2) is 0 Å². The third-order valence-electron chi connectivity index (χ3n) is 3.21. The van der Waals surface area contributed by atoms with Crippen molar-refractivity contribution in [3.05, 3.63) is 39.8 Å². The van der Waals surface area contributed by atoms with Gasteiger partial charge in [-0.15, -0.1) is 11.8 Å². The fraction of sp³-hybridized carbons (Fsp3) is 0.375. The first-order valence-corrected chi connectivity index (χ1v) is 9.28. The van der Waals surface area contributed by atoms with Gasteiger partial charge in [0.1, 0.15) is 12.3 Å². The largest absolute Gasteiger partial charge is 0.470 e. The Balaban J connectivity index is 2.14. The lowest BCUT2D eigenvalue weighted by molar-refractivity contribution is -0.126. The van der Waals surface area contributed by atoms with E-state index < -0.39 is 11.0 Å². The number of hydrogen-bond acceptors (Lipinski definition) is 6. The number of nitroso groups, excluding NO2 is 1. The molecule has 1 N–H and O–H groups in total. The fourth-order valence-corrected chi connectivity index (χ4v) is 2.91. The van der Waals surface area contributed by atoms with E-state index in [1.54, 1.807) is 32.4 Å². The summed E-state index contributed by atoms with van der Waals surface area (Å²) in [6.07, 6.45) is 3.51. The normalized spacial score (nSPS) is 12.7. The molecule has 0 bridgehead atoms. The average Bonchev–Trinajstić information content (AvgIpc) is 2.51. The Bertz CT molecular complexity index is 754. The van der Waals surface area contributed by atoms with E-state index in [1.165, 1.54) is 11.8 Å². The van der Waals surface area contributed by atoms with Crippen molar-refractivity contribution in [2.45, 2.75) is 24.8 Å². The first kappa shape index (κ1) is 18.7. The maximum atomic E-state index is 12.4. The summed E-state index contributed by atoms with van der Waals surface area (Å²) in [4.78, 5) is 27.1. The van der Waals surface area contributed by atoms with Crippen molar-refractivity contribution in [1.82, 2.24) is 10.3 Å². The Morgan fingerprint density at radius 2 is 2.21 bits per heavy atom. The van der Waals surface area contributed by atoms with Gasteiger partial charge >= 0.3 is 0 Å². The third kappa shape index (κ3) is 4.91. The topological polar surface area (TPSA) is 80.7 Å². The van der Waals surface area contributed by atoms with Crippen LogP contribution in [0, 0.1) is 4.91 Å². The van der Waals surface area contributed by atoms with Gasteiger partial charge in [-0.1, -0.05) is 5.18 Å². The Hall–Kier alpha value is -1.67. The summed E-state index contributed by atoms with van der Waals surface area (Å²) in [6, 6.07) is 7.38. The highest BCUT2D eigenvalue weighted by Gasteiger charge is 2.27. The van der Waals surface area contributed by atoms with Gasteiger partial charge in [-0.3, -0.25) is 9.78 Å². The summed E-state index contributed by atoms with van der Waals surface area (Å²) in [5, 5.41) is 6.53. The van der Waals surface area contributed by atoms with E-state index in [2.05, 4.69) is 31.4 Å². The minimum Gasteiger partial charge on any atom is -0.470 e. The summed E-state index contributed by atoms with van der Waals surface area (Å²) in [5.41, 5.74) is -0.601. The summed E-state index contributed by atoms with van der Waals surface area (Å²) < 4.78 is 6.67. The van der Waals surface area contributed by atoms with E-state index in [9.17, 15) is 9.70 Å². The molecule has 2 aromatic rings. The molecule has 0 spiro atoms. The maximum Gasteiger partial charge on any atom is 0.272 e. The molecule has 1 atom stereocenters. The zero-order chi connectivity index (χ0) is 17.7. The van der Waals surface area contributed by atoms with Gasteiger partial charge in [-0.25, -0.2) is 0 Å². The highest BCUT2D eigenvalue weighted by molar-refractivity contribution is 9.10. The van der Waals surface area contributed by atoms with Gasteiger partial charge in [0.05, 0.1) is 11.1 Å². The minimum atomic E-state index is -0.728. The van der Waals surface area contributed by atoms with E-state index in [-0.39, 0.29) is 12.5 Å². The molecule has 0 aliphatic rings. The number of ether oxygens (including phenoxy) is 1. The molecule has 1 unspecified atom stereocenters. The van der Waals surface area contributed by atoms with E-state index in [0.29, 0.717) is 5.75 Å². The number of benzene rings is 1. The predicted octanol–water partition coefficient (Wildman–Crippen LogP) is 3.73. The predicted molar refractivity (Wildman–Crippen MR) is 100 cm³/mol. The van der Waals surface area contributed by atoms with Crippen LogP contribution in [0.3, 0.4) is 0 Å². The number of carbonyl (C=O) groups is 1. The molecule has 6 nitrogen and oxygen atoms in total. The van der Waals surface area contributed by atoms with E-state index in [4.69, 9.17) is 4.74 Å². The molecule has 0 aliphatic carbocycles. The Labute approximate surface area is 152 Å². The molecule has 128 valence electrons. The minimum absolute atomic E-state index is 0.00445. The number of nitrogens with zero attached hydrogens (tertiary/aromatic N) is 2. The molecule has 8 heteroatoms. The first-order chi connectivity index (χ1) is 11.3. The second-order valence-electron chi connectivity index (χ2n) is 5.85. The second-order valence-corrected chi connectivity index (χ2v) is 7.67. The van der Waals surface area contributed by atoms with Crippen molar-refractivity contribution in [1.29, 1.82) is 0 Å². The van der Waals surface area contributed by atoms with Gasteiger partial charge in [0.25, 0.3) is 5.91 Å². The molecule has 1 heterocycles. The molecular formula is C16H18BrN3O3S. The Morgan fingerprint density at radius 3 is 2.88 bits per heavy atom. The molecule has 0 saturated carbocycles. The number of rotatable bonds is 7. The van der Waals surface area contributed by atoms with Crippen LogP contribution in [0.4, 0.5) is 0 Å². The molecule has 1 amide bonds. The standard InChI is InChI=1S/C16H18BrN3O3S/c1-16(2,9-19-22)20-14(21)15(24-3)23-12-4-5-13-10(7-12)6-11(17)8-18-13/h4-8,15H,9H2,1-3H3,(H,20,21). The number of amides is 1. The lowest BCUT2D eigenvalue weighted by Crippen LogP contribution is -2.50. The van der Waals surface area contributed by atoms with Crippen LogP contribution < -0.4 is 10.1 Å². The molecule has 0 saturated heterocycles. The molecule has 0 radical (unpaired) electrons. The molecule has 1 aromatic carbocycles. The Morgan fingerprint density at radius 1 is 1.46 bits per heavy atom. The SMILES string of the molecule is CSC(Oc1ccc2ncc(Br)cc2c1)C(=O)NC(C)(C)CN=O. The van der Waals surface area contributed by atoms with Gasteiger partial charge in [0, 0.05) is 16.1 Å². The van der Waals surface area contributed by atoms with E-state index in [1.807, 2.05) is 18.2 Å². The molecule has 0 aliphatic heterocycles. The number of aromatic nitrogens is 1. The summed E-state index contributed by atoms with van der Waals surface area (Å²) in [5.74, 6) is 0.270. The number of halogens is 1. The van der Waals surface area contributed by atoms with Gasteiger partial charge in [-0.05, 0) is 60.3 Å². The number of pyridine rings is 1. The lowest BCUT2D eigenvalue weighted by atomic mass is 10.1. The van der Waals surface area contributed by atoms with E-state index >= 15 is 0 Å². The highest BCUT2D eigenvalue weighted by Crippen LogP contribution is 2.24. The van der Waals surface area contributed by atoms with Crippen LogP contribution in [0.25, 0.3) is 10.9 Å². The number of hydrogen-bond donors (Lipinski definition) is 1. The van der Waals surface area contributed by atoms with Gasteiger partial charge in [0.2, 0.25) is 5.44 Å². The first-order valence-electron chi connectivity index (χ1n) is 7.20. The number of thioether (sulfide) groups is 1. The van der Waals surface area contributed by atoms with Crippen LogP contribution in [0.1, 0.15) is 13.8 Å². The molecule has 2 rings (SSSR count). The van der Waals surface area contributed by atoms with Crippen LogP contribution in [0.15, 0.2) is 40.1 Å². The van der Waals surface area contributed by atoms with Crippen molar-refractivity contribution < 1.29 is 9.53 Å². The Kier molecular flexibility index (Phi) is 6.17. The van der Waals surface area contributed by atoms with Crippen LogP contribution >= 0.6 is 27.7 Å². The molecule has 1 aromatic heterocycles. The molecule has 0 fully saturated rings. The number of carbonyl (C=O) groups excluding carboxylic acids is 1. The van der Waals surface area contributed by atoms with Crippen molar-refractivity contribution in [2.75, 3.05) is 12.8 Å². The summed E-state index contributed by atoms with van der Waals surface area (Å²) in [7, 11) is 0. The smallest absolute Gasteiger partial charge is 0.272 e. The average molecular weight is 412 g/mol. The monoisotopic (exact) mass is 411 g/mol. The zero-order valence-corrected chi connectivity index (χ0v) is 16.0. The fourth-order valence-electron chi connectivity index (χ4n) is 2.08. The van der Waals surface area contributed by atoms with Crippen LogP contribution in [0.2, 0.25) is 0 Å².